The molecule has 0 fully saturated rings. The van der Waals surface area contributed by atoms with Gasteiger partial charge in [0.15, 0.2) is 0 Å². The van der Waals surface area contributed by atoms with Crippen LogP contribution >= 0.6 is 11.3 Å². The van der Waals surface area contributed by atoms with Crippen molar-refractivity contribution in [2.45, 2.75) is 39.2 Å². The summed E-state index contributed by atoms with van der Waals surface area (Å²) in [5.74, 6) is -0.265. The fourth-order valence-corrected chi connectivity index (χ4v) is 5.21. The standard InChI is InChI=1S/C26H28N2O2S/c1-4-18-9-7-10-19(15-18)27-25(29)23-20-11-5-6-12-21(20)26(30)28(16-17(2)3)24(23)22-13-8-14-31-22/h5-15,17,23-24H,4,16H2,1-3H3,(H,27,29)/t23-,24-/m1/s1. The first kappa shape index (κ1) is 21.3. The Hall–Kier alpha value is -2.92. The number of hydrogen-bond acceptors (Lipinski definition) is 3. The largest absolute Gasteiger partial charge is 0.329 e. The van der Waals surface area contributed by atoms with Gasteiger partial charge in [-0.3, -0.25) is 9.59 Å². The van der Waals surface area contributed by atoms with Gasteiger partial charge in [0.1, 0.15) is 0 Å². The zero-order valence-corrected chi connectivity index (χ0v) is 19.0. The van der Waals surface area contributed by atoms with Gasteiger partial charge >= 0.3 is 0 Å². The van der Waals surface area contributed by atoms with Gasteiger partial charge in [-0.15, -0.1) is 11.3 Å². The second kappa shape index (κ2) is 9.06. The van der Waals surface area contributed by atoms with Crippen LogP contribution < -0.4 is 5.32 Å². The Labute approximate surface area is 187 Å². The van der Waals surface area contributed by atoms with E-state index in [1.165, 1.54) is 5.56 Å². The van der Waals surface area contributed by atoms with Gasteiger partial charge in [-0.2, -0.15) is 0 Å². The summed E-state index contributed by atoms with van der Waals surface area (Å²) in [5, 5.41) is 5.14. The van der Waals surface area contributed by atoms with Crippen LogP contribution in [0.25, 0.3) is 0 Å². The molecule has 0 spiro atoms. The maximum absolute atomic E-state index is 13.7. The number of nitrogens with one attached hydrogen (secondary N) is 1. The highest BCUT2D eigenvalue weighted by Crippen LogP contribution is 2.45. The Morgan fingerprint density at radius 1 is 1.10 bits per heavy atom. The van der Waals surface area contributed by atoms with Gasteiger partial charge in [0.25, 0.3) is 5.91 Å². The van der Waals surface area contributed by atoms with Crippen molar-refractivity contribution in [2.75, 3.05) is 11.9 Å². The number of rotatable bonds is 6. The molecule has 2 atom stereocenters. The number of carbonyl (C=O) groups is 2. The van der Waals surface area contributed by atoms with E-state index in [2.05, 4.69) is 32.2 Å². The molecule has 31 heavy (non-hydrogen) atoms. The Bertz CT molecular complexity index is 1070. The van der Waals surface area contributed by atoms with Crippen LogP contribution in [0.2, 0.25) is 0 Å². The Morgan fingerprint density at radius 3 is 2.61 bits per heavy atom. The molecule has 1 aliphatic rings. The molecule has 5 heteroatoms. The molecule has 0 bridgehead atoms. The van der Waals surface area contributed by atoms with Gasteiger partial charge in [-0.25, -0.2) is 0 Å². The van der Waals surface area contributed by atoms with Gasteiger partial charge in [0.2, 0.25) is 5.91 Å². The summed E-state index contributed by atoms with van der Waals surface area (Å²) in [4.78, 5) is 30.1. The van der Waals surface area contributed by atoms with E-state index >= 15 is 0 Å². The number of thiophene rings is 1. The lowest BCUT2D eigenvalue weighted by Crippen LogP contribution is -2.47. The maximum atomic E-state index is 13.7. The average molecular weight is 433 g/mol. The lowest BCUT2D eigenvalue weighted by molar-refractivity contribution is -0.119. The van der Waals surface area contributed by atoms with E-state index in [0.29, 0.717) is 18.0 Å². The fraction of sp³-hybridized carbons (Fsp3) is 0.308. The molecule has 1 aliphatic heterocycles. The second-order valence-electron chi connectivity index (χ2n) is 8.42. The molecule has 2 aromatic carbocycles. The Kier molecular flexibility index (Phi) is 6.23. The third-order valence-electron chi connectivity index (χ3n) is 5.72. The van der Waals surface area contributed by atoms with Crippen LogP contribution in [0.5, 0.6) is 0 Å². The monoisotopic (exact) mass is 432 g/mol. The van der Waals surface area contributed by atoms with Gasteiger partial charge in [-0.1, -0.05) is 57.2 Å². The molecule has 4 rings (SSSR count). The van der Waals surface area contributed by atoms with Crippen LogP contribution in [0.4, 0.5) is 5.69 Å². The van der Waals surface area contributed by atoms with E-state index in [9.17, 15) is 9.59 Å². The molecule has 1 aromatic heterocycles. The molecule has 0 saturated heterocycles. The number of fused-ring (bicyclic) bond motifs is 1. The van der Waals surface area contributed by atoms with Crippen molar-refractivity contribution in [1.29, 1.82) is 0 Å². The van der Waals surface area contributed by atoms with Crippen molar-refractivity contribution in [3.63, 3.8) is 0 Å². The first-order chi connectivity index (χ1) is 15.0. The number of anilines is 1. The summed E-state index contributed by atoms with van der Waals surface area (Å²) >= 11 is 1.60. The summed E-state index contributed by atoms with van der Waals surface area (Å²) < 4.78 is 0. The lowest BCUT2D eigenvalue weighted by Gasteiger charge is -2.42. The summed E-state index contributed by atoms with van der Waals surface area (Å²) in [6, 6.07) is 19.2. The van der Waals surface area contributed by atoms with Gasteiger partial charge in [0.05, 0.1) is 12.0 Å². The quantitative estimate of drug-likeness (QED) is 0.528. The molecular weight excluding hydrogens is 404 g/mol. The zero-order valence-electron chi connectivity index (χ0n) is 18.2. The van der Waals surface area contributed by atoms with Gasteiger partial charge < -0.3 is 10.2 Å². The number of amides is 2. The van der Waals surface area contributed by atoms with Crippen molar-refractivity contribution >= 4 is 28.8 Å². The van der Waals surface area contributed by atoms with Crippen molar-refractivity contribution in [2.24, 2.45) is 5.92 Å². The zero-order chi connectivity index (χ0) is 22.0. The fourth-order valence-electron chi connectivity index (χ4n) is 4.33. The molecule has 2 heterocycles. The molecular formula is C26H28N2O2S. The predicted octanol–water partition coefficient (Wildman–Crippen LogP) is 5.89. The van der Waals surface area contributed by atoms with Crippen molar-refractivity contribution in [3.8, 4) is 0 Å². The van der Waals surface area contributed by atoms with E-state index in [1.807, 2.05) is 64.9 Å². The highest BCUT2D eigenvalue weighted by molar-refractivity contribution is 7.10. The number of aryl methyl sites for hydroxylation is 1. The molecule has 2 amide bonds. The van der Waals surface area contributed by atoms with Gasteiger partial charge in [0, 0.05) is 22.7 Å². The smallest absolute Gasteiger partial charge is 0.254 e. The van der Waals surface area contributed by atoms with Crippen LogP contribution in [0.1, 0.15) is 59.1 Å². The van der Waals surface area contributed by atoms with E-state index in [4.69, 9.17) is 0 Å². The minimum atomic E-state index is -0.475. The van der Waals surface area contributed by atoms with Crippen molar-refractivity contribution in [3.05, 3.63) is 87.6 Å². The highest BCUT2D eigenvalue weighted by Gasteiger charge is 2.44. The molecule has 0 radical (unpaired) electrons. The SMILES string of the molecule is CCc1cccc(NC(=O)[C@@H]2c3ccccc3C(=O)N(CC(C)C)[C@@H]2c2cccs2)c1. The van der Waals surface area contributed by atoms with Crippen LogP contribution in [0, 0.1) is 5.92 Å². The predicted molar refractivity (Wildman–Crippen MR) is 127 cm³/mol. The minimum absolute atomic E-state index is 0.000250. The third kappa shape index (κ3) is 4.28. The first-order valence-corrected chi connectivity index (χ1v) is 11.7. The van der Waals surface area contributed by atoms with E-state index < -0.39 is 5.92 Å². The number of carbonyl (C=O) groups excluding carboxylic acids is 2. The van der Waals surface area contributed by atoms with Crippen LogP contribution in [-0.4, -0.2) is 23.3 Å². The van der Waals surface area contributed by atoms with E-state index in [1.54, 1.807) is 11.3 Å². The molecule has 0 unspecified atom stereocenters. The van der Waals surface area contributed by atoms with Crippen LogP contribution in [0.15, 0.2) is 66.0 Å². The Morgan fingerprint density at radius 2 is 1.90 bits per heavy atom. The summed E-state index contributed by atoms with van der Waals surface area (Å²) in [7, 11) is 0. The lowest BCUT2D eigenvalue weighted by atomic mass is 9.81. The Balaban J connectivity index is 1.80. The molecule has 0 aliphatic carbocycles. The van der Waals surface area contributed by atoms with Crippen molar-refractivity contribution in [1.82, 2.24) is 4.90 Å². The van der Waals surface area contributed by atoms with E-state index in [-0.39, 0.29) is 17.9 Å². The third-order valence-corrected chi connectivity index (χ3v) is 6.66. The number of benzene rings is 2. The first-order valence-electron chi connectivity index (χ1n) is 10.8. The van der Waals surface area contributed by atoms with Crippen LogP contribution in [0.3, 0.4) is 0 Å². The summed E-state index contributed by atoms with van der Waals surface area (Å²) in [6.45, 7) is 6.90. The second-order valence-corrected chi connectivity index (χ2v) is 9.40. The summed E-state index contributed by atoms with van der Waals surface area (Å²) in [5.41, 5.74) is 3.39. The normalized spacial score (nSPS) is 18.2. The molecule has 160 valence electrons. The highest BCUT2D eigenvalue weighted by atomic mass is 32.1. The summed E-state index contributed by atoms with van der Waals surface area (Å²) in [6.07, 6.45) is 0.907. The average Bonchev–Trinajstić information content (AvgIpc) is 3.29. The number of nitrogens with zero attached hydrogens (tertiary/aromatic N) is 1. The van der Waals surface area contributed by atoms with Crippen LogP contribution in [-0.2, 0) is 11.2 Å². The van der Waals surface area contributed by atoms with E-state index in [0.717, 1.165) is 22.5 Å². The maximum Gasteiger partial charge on any atom is 0.254 e. The van der Waals surface area contributed by atoms with Gasteiger partial charge in [-0.05, 0) is 53.1 Å². The topological polar surface area (TPSA) is 49.4 Å². The van der Waals surface area contributed by atoms with Crippen molar-refractivity contribution < 1.29 is 9.59 Å². The minimum Gasteiger partial charge on any atom is -0.329 e. The molecule has 4 nitrogen and oxygen atoms in total. The molecule has 3 aromatic rings. The number of hydrogen-bond donors (Lipinski definition) is 1. The molecule has 1 N–H and O–H groups in total. The molecule has 0 saturated carbocycles.